The van der Waals surface area contributed by atoms with Crippen molar-refractivity contribution in [2.45, 2.75) is 38.6 Å². The van der Waals surface area contributed by atoms with E-state index in [0.717, 1.165) is 12.7 Å². The molecule has 2 rings (SSSR count). The number of carbonyl (C=O) groups excluding carboxylic acids is 1. The molecule has 0 spiro atoms. The van der Waals surface area contributed by atoms with E-state index in [4.69, 9.17) is 4.74 Å². The van der Waals surface area contributed by atoms with Crippen LogP contribution in [0.15, 0.2) is 18.3 Å². The summed E-state index contributed by atoms with van der Waals surface area (Å²) in [6.07, 6.45) is 4.02. The number of pyridine rings is 1. The minimum atomic E-state index is -0.980. The van der Waals surface area contributed by atoms with Crippen LogP contribution in [0.1, 0.15) is 38.8 Å². The molecule has 1 aliphatic carbocycles. The SMILES string of the molecule is CCOC(=O)C(CC)(NCC1CC1)c1ccc(F)cn1. The first kappa shape index (κ1) is 14.9. The zero-order valence-electron chi connectivity index (χ0n) is 12.0. The fourth-order valence-corrected chi connectivity index (χ4v) is 2.24. The lowest BCUT2D eigenvalue weighted by molar-refractivity contribution is -0.152. The van der Waals surface area contributed by atoms with Crippen LogP contribution < -0.4 is 5.32 Å². The summed E-state index contributed by atoms with van der Waals surface area (Å²) in [6.45, 7) is 4.75. The molecular weight excluding hydrogens is 259 g/mol. The number of nitrogens with zero attached hydrogens (tertiary/aromatic N) is 1. The fourth-order valence-electron chi connectivity index (χ4n) is 2.24. The van der Waals surface area contributed by atoms with Crippen LogP contribution in [0, 0.1) is 11.7 Å². The molecule has 4 nitrogen and oxygen atoms in total. The number of esters is 1. The van der Waals surface area contributed by atoms with Gasteiger partial charge in [-0.3, -0.25) is 10.3 Å². The predicted octanol–water partition coefficient (Wildman–Crippen LogP) is 2.39. The zero-order chi connectivity index (χ0) is 14.6. The quantitative estimate of drug-likeness (QED) is 0.779. The fraction of sp³-hybridized carbons (Fsp3) is 0.600. The van der Waals surface area contributed by atoms with Crippen molar-refractivity contribution in [1.82, 2.24) is 10.3 Å². The highest BCUT2D eigenvalue weighted by Crippen LogP contribution is 2.31. The van der Waals surface area contributed by atoms with Gasteiger partial charge in [-0.1, -0.05) is 6.92 Å². The molecule has 1 unspecified atom stereocenters. The Bertz CT molecular complexity index is 459. The van der Waals surface area contributed by atoms with Crippen LogP contribution >= 0.6 is 0 Å². The zero-order valence-corrected chi connectivity index (χ0v) is 12.0. The molecule has 1 fully saturated rings. The summed E-state index contributed by atoms with van der Waals surface area (Å²) in [4.78, 5) is 16.5. The Morgan fingerprint density at radius 2 is 2.25 bits per heavy atom. The highest BCUT2D eigenvalue weighted by atomic mass is 19.1. The van der Waals surface area contributed by atoms with Crippen molar-refractivity contribution < 1.29 is 13.9 Å². The van der Waals surface area contributed by atoms with Crippen molar-refractivity contribution in [3.8, 4) is 0 Å². The number of aromatic nitrogens is 1. The topological polar surface area (TPSA) is 51.2 Å². The van der Waals surface area contributed by atoms with E-state index in [-0.39, 0.29) is 5.97 Å². The molecule has 0 saturated heterocycles. The average Bonchev–Trinajstić information content (AvgIpc) is 3.26. The van der Waals surface area contributed by atoms with E-state index >= 15 is 0 Å². The number of nitrogens with one attached hydrogen (secondary N) is 1. The Morgan fingerprint density at radius 3 is 2.75 bits per heavy atom. The van der Waals surface area contributed by atoms with Gasteiger partial charge >= 0.3 is 5.97 Å². The van der Waals surface area contributed by atoms with Gasteiger partial charge in [0.2, 0.25) is 0 Å². The van der Waals surface area contributed by atoms with Crippen LogP contribution in [0.2, 0.25) is 0 Å². The second-order valence-electron chi connectivity index (χ2n) is 5.17. The number of hydrogen-bond acceptors (Lipinski definition) is 4. The van der Waals surface area contributed by atoms with E-state index in [1.54, 1.807) is 13.0 Å². The van der Waals surface area contributed by atoms with Crippen molar-refractivity contribution in [3.63, 3.8) is 0 Å². The molecule has 110 valence electrons. The van der Waals surface area contributed by atoms with Gasteiger partial charge in [-0.05, 0) is 50.8 Å². The van der Waals surface area contributed by atoms with E-state index in [0.29, 0.717) is 24.6 Å². The van der Waals surface area contributed by atoms with Crippen LogP contribution in [0.5, 0.6) is 0 Å². The number of hydrogen-bond donors (Lipinski definition) is 1. The van der Waals surface area contributed by atoms with Gasteiger partial charge in [0.1, 0.15) is 5.82 Å². The van der Waals surface area contributed by atoms with Gasteiger partial charge in [0, 0.05) is 0 Å². The molecule has 20 heavy (non-hydrogen) atoms. The third kappa shape index (κ3) is 3.15. The van der Waals surface area contributed by atoms with Gasteiger partial charge in [0.15, 0.2) is 5.54 Å². The smallest absolute Gasteiger partial charge is 0.332 e. The van der Waals surface area contributed by atoms with Gasteiger partial charge in [0.25, 0.3) is 0 Å². The summed E-state index contributed by atoms with van der Waals surface area (Å²) in [5.74, 6) is -0.136. The summed E-state index contributed by atoms with van der Waals surface area (Å²) >= 11 is 0. The van der Waals surface area contributed by atoms with Crippen LogP contribution in [0.25, 0.3) is 0 Å². The average molecular weight is 280 g/mol. The molecule has 1 atom stereocenters. The third-order valence-corrected chi connectivity index (χ3v) is 3.71. The van der Waals surface area contributed by atoms with Crippen LogP contribution in [0.3, 0.4) is 0 Å². The number of rotatable bonds is 7. The van der Waals surface area contributed by atoms with Gasteiger partial charge in [-0.15, -0.1) is 0 Å². The molecule has 1 saturated carbocycles. The predicted molar refractivity (Wildman–Crippen MR) is 73.5 cm³/mol. The van der Waals surface area contributed by atoms with E-state index in [1.165, 1.54) is 18.9 Å². The number of halogens is 1. The van der Waals surface area contributed by atoms with Crippen molar-refractivity contribution in [3.05, 3.63) is 29.8 Å². The van der Waals surface area contributed by atoms with Crippen molar-refractivity contribution in [2.75, 3.05) is 13.2 Å². The summed E-state index contributed by atoms with van der Waals surface area (Å²) in [7, 11) is 0. The maximum absolute atomic E-state index is 13.1. The lowest BCUT2D eigenvalue weighted by atomic mass is 9.91. The molecule has 1 N–H and O–H groups in total. The van der Waals surface area contributed by atoms with Crippen molar-refractivity contribution in [1.29, 1.82) is 0 Å². The minimum Gasteiger partial charge on any atom is -0.464 e. The largest absolute Gasteiger partial charge is 0.464 e. The molecular formula is C15H21FN2O2. The molecule has 1 heterocycles. The molecule has 0 aliphatic heterocycles. The van der Waals surface area contributed by atoms with Gasteiger partial charge < -0.3 is 4.74 Å². The van der Waals surface area contributed by atoms with Gasteiger partial charge in [0.05, 0.1) is 18.5 Å². The lowest BCUT2D eigenvalue weighted by Crippen LogP contribution is -2.51. The van der Waals surface area contributed by atoms with Crippen molar-refractivity contribution >= 4 is 5.97 Å². The van der Waals surface area contributed by atoms with E-state index in [9.17, 15) is 9.18 Å². The number of carbonyl (C=O) groups is 1. The third-order valence-electron chi connectivity index (χ3n) is 3.71. The van der Waals surface area contributed by atoms with E-state index < -0.39 is 11.4 Å². The molecule has 1 aromatic heterocycles. The second kappa shape index (κ2) is 6.31. The Hall–Kier alpha value is -1.49. The standard InChI is InChI=1S/C15H21FN2O2/c1-3-15(14(19)20-4-2,18-9-11-5-6-11)13-8-7-12(16)10-17-13/h7-8,10-11,18H,3-6,9H2,1-2H3. The summed E-state index contributed by atoms with van der Waals surface area (Å²) in [6, 6.07) is 2.88. The minimum absolute atomic E-state index is 0.312. The first-order chi connectivity index (χ1) is 9.62. The second-order valence-corrected chi connectivity index (χ2v) is 5.17. The number of ether oxygens (including phenoxy) is 1. The first-order valence-corrected chi connectivity index (χ1v) is 7.16. The van der Waals surface area contributed by atoms with Crippen LogP contribution in [-0.2, 0) is 15.1 Å². The first-order valence-electron chi connectivity index (χ1n) is 7.16. The Morgan fingerprint density at radius 1 is 1.50 bits per heavy atom. The lowest BCUT2D eigenvalue weighted by Gasteiger charge is -2.31. The summed E-state index contributed by atoms with van der Waals surface area (Å²) in [5.41, 5.74) is -0.466. The normalized spacial score (nSPS) is 17.6. The maximum atomic E-state index is 13.1. The monoisotopic (exact) mass is 280 g/mol. The Labute approximate surface area is 118 Å². The molecule has 0 aromatic carbocycles. The van der Waals surface area contributed by atoms with E-state index in [1.807, 2.05) is 6.92 Å². The van der Waals surface area contributed by atoms with Crippen molar-refractivity contribution in [2.24, 2.45) is 5.92 Å². The Balaban J connectivity index is 2.28. The molecule has 0 radical (unpaired) electrons. The maximum Gasteiger partial charge on any atom is 0.332 e. The van der Waals surface area contributed by atoms with Gasteiger partial charge in [-0.2, -0.15) is 0 Å². The highest BCUT2D eigenvalue weighted by molar-refractivity contribution is 5.82. The van der Waals surface area contributed by atoms with Crippen LogP contribution in [0.4, 0.5) is 4.39 Å². The van der Waals surface area contributed by atoms with Crippen LogP contribution in [-0.4, -0.2) is 24.1 Å². The molecule has 1 aliphatic rings. The molecule has 5 heteroatoms. The summed E-state index contributed by atoms with van der Waals surface area (Å²) < 4.78 is 18.3. The van der Waals surface area contributed by atoms with E-state index in [2.05, 4.69) is 10.3 Å². The summed E-state index contributed by atoms with van der Waals surface area (Å²) in [5, 5.41) is 3.31. The molecule has 0 bridgehead atoms. The molecule has 0 amide bonds. The Kier molecular flexibility index (Phi) is 4.70. The molecule has 1 aromatic rings. The highest BCUT2D eigenvalue weighted by Gasteiger charge is 2.42. The van der Waals surface area contributed by atoms with Gasteiger partial charge in [-0.25, -0.2) is 9.18 Å².